The molecule has 1 aromatic heterocycles. The molecule has 0 aliphatic rings. The fourth-order valence-corrected chi connectivity index (χ4v) is 2.78. The van der Waals surface area contributed by atoms with Crippen LogP contribution in [-0.4, -0.2) is 16.3 Å². The van der Waals surface area contributed by atoms with Crippen LogP contribution in [-0.2, 0) is 6.42 Å². The van der Waals surface area contributed by atoms with Gasteiger partial charge in [0.1, 0.15) is 0 Å². The third-order valence-corrected chi connectivity index (χ3v) is 4.31. The van der Waals surface area contributed by atoms with Crippen LogP contribution in [0.2, 0.25) is 0 Å². The van der Waals surface area contributed by atoms with Gasteiger partial charge in [-0.05, 0) is 50.6 Å². The van der Waals surface area contributed by atoms with Crippen molar-refractivity contribution in [3.63, 3.8) is 0 Å². The maximum absolute atomic E-state index is 5.72. The number of benzene rings is 2. The minimum absolute atomic E-state index is 0.608. The van der Waals surface area contributed by atoms with Crippen molar-refractivity contribution in [3.8, 4) is 16.9 Å². The Kier molecular flexibility index (Phi) is 4.30. The first-order chi connectivity index (χ1) is 11.1. The average molecular weight is 305 g/mol. The number of nitrogens with zero attached hydrogens (tertiary/aromatic N) is 2. The number of rotatable bonds is 4. The summed E-state index contributed by atoms with van der Waals surface area (Å²) in [7, 11) is 0. The monoisotopic (exact) mass is 305 g/mol. The van der Waals surface area contributed by atoms with Crippen LogP contribution in [0, 0.1) is 20.8 Å². The molecule has 0 saturated carbocycles. The van der Waals surface area contributed by atoms with Crippen molar-refractivity contribution >= 4 is 0 Å². The number of nitrogens with two attached hydrogens (primary N) is 1. The molecule has 2 aromatic carbocycles. The van der Waals surface area contributed by atoms with Crippen LogP contribution in [0.3, 0.4) is 0 Å². The van der Waals surface area contributed by atoms with Gasteiger partial charge in [0.05, 0.1) is 17.1 Å². The molecule has 3 aromatic rings. The van der Waals surface area contributed by atoms with Gasteiger partial charge < -0.3 is 5.73 Å². The van der Waals surface area contributed by atoms with E-state index < -0.39 is 0 Å². The Morgan fingerprint density at radius 3 is 2.43 bits per heavy atom. The molecule has 3 rings (SSSR count). The molecule has 23 heavy (non-hydrogen) atoms. The Morgan fingerprint density at radius 1 is 1.00 bits per heavy atom. The predicted molar refractivity (Wildman–Crippen MR) is 96.0 cm³/mol. The van der Waals surface area contributed by atoms with E-state index in [-0.39, 0.29) is 0 Å². The van der Waals surface area contributed by atoms with Gasteiger partial charge in [-0.15, -0.1) is 0 Å². The summed E-state index contributed by atoms with van der Waals surface area (Å²) in [5.74, 6) is 0. The molecule has 3 heteroatoms. The lowest BCUT2D eigenvalue weighted by Crippen LogP contribution is -2.05. The normalized spacial score (nSPS) is 11.0. The summed E-state index contributed by atoms with van der Waals surface area (Å²) >= 11 is 0. The van der Waals surface area contributed by atoms with Crippen LogP contribution in [0.1, 0.15) is 22.4 Å². The van der Waals surface area contributed by atoms with Crippen LogP contribution >= 0.6 is 0 Å². The number of aromatic nitrogens is 2. The first kappa shape index (κ1) is 15.5. The second kappa shape index (κ2) is 6.39. The second-order valence-electron chi connectivity index (χ2n) is 6.06. The first-order valence-corrected chi connectivity index (χ1v) is 8.03. The zero-order valence-electron chi connectivity index (χ0n) is 14.0. The molecule has 3 nitrogen and oxygen atoms in total. The molecule has 0 fully saturated rings. The summed E-state index contributed by atoms with van der Waals surface area (Å²) in [5.41, 5.74) is 14.0. The zero-order chi connectivity index (χ0) is 16.4. The number of hydrogen-bond donors (Lipinski definition) is 1. The third kappa shape index (κ3) is 3.06. The van der Waals surface area contributed by atoms with Gasteiger partial charge in [0, 0.05) is 12.0 Å². The molecule has 0 spiro atoms. The van der Waals surface area contributed by atoms with Gasteiger partial charge >= 0.3 is 0 Å². The lowest BCUT2D eigenvalue weighted by molar-refractivity contribution is 0.820. The van der Waals surface area contributed by atoms with Crippen molar-refractivity contribution in [1.29, 1.82) is 0 Å². The third-order valence-electron chi connectivity index (χ3n) is 4.31. The first-order valence-electron chi connectivity index (χ1n) is 8.03. The van der Waals surface area contributed by atoms with E-state index in [9.17, 15) is 0 Å². The van der Waals surface area contributed by atoms with E-state index >= 15 is 0 Å². The quantitative estimate of drug-likeness (QED) is 0.792. The molecule has 0 atom stereocenters. The van der Waals surface area contributed by atoms with Gasteiger partial charge in [-0.25, -0.2) is 4.68 Å². The molecule has 0 radical (unpaired) electrons. The van der Waals surface area contributed by atoms with Crippen molar-refractivity contribution in [3.05, 3.63) is 70.9 Å². The molecule has 0 amide bonds. The van der Waals surface area contributed by atoms with Crippen molar-refractivity contribution in [2.45, 2.75) is 27.2 Å². The van der Waals surface area contributed by atoms with Crippen LogP contribution in [0.5, 0.6) is 0 Å². The van der Waals surface area contributed by atoms with E-state index in [1.807, 2.05) is 0 Å². The Bertz CT molecular complexity index is 813. The Labute approximate surface area is 137 Å². The zero-order valence-corrected chi connectivity index (χ0v) is 14.0. The minimum Gasteiger partial charge on any atom is -0.330 e. The summed E-state index contributed by atoms with van der Waals surface area (Å²) < 4.78 is 2.05. The highest BCUT2D eigenvalue weighted by molar-refractivity contribution is 5.64. The summed E-state index contributed by atoms with van der Waals surface area (Å²) in [6.07, 6.45) is 0.788. The van der Waals surface area contributed by atoms with Crippen LogP contribution < -0.4 is 5.73 Å². The second-order valence-corrected chi connectivity index (χ2v) is 6.06. The van der Waals surface area contributed by atoms with Gasteiger partial charge in [0.15, 0.2) is 0 Å². The fraction of sp³-hybridized carbons (Fsp3) is 0.250. The SMILES string of the molecule is Cc1ccc(-c2cc(CCN)nn2-c2cccc(C)c2C)cc1. The highest BCUT2D eigenvalue weighted by Crippen LogP contribution is 2.27. The molecule has 2 N–H and O–H groups in total. The lowest BCUT2D eigenvalue weighted by Gasteiger charge is -2.12. The van der Waals surface area contributed by atoms with E-state index in [1.165, 1.54) is 22.3 Å². The molecule has 0 unspecified atom stereocenters. The lowest BCUT2D eigenvalue weighted by atomic mass is 10.1. The smallest absolute Gasteiger partial charge is 0.0743 e. The predicted octanol–water partition coefficient (Wildman–Crippen LogP) is 3.97. The summed E-state index contributed by atoms with van der Waals surface area (Å²) in [5, 5.41) is 4.81. The van der Waals surface area contributed by atoms with Crippen molar-refractivity contribution in [1.82, 2.24) is 9.78 Å². The van der Waals surface area contributed by atoms with E-state index in [4.69, 9.17) is 10.8 Å². The molecular formula is C20H23N3. The summed E-state index contributed by atoms with van der Waals surface area (Å²) in [6.45, 7) is 6.99. The largest absolute Gasteiger partial charge is 0.330 e. The molecule has 1 heterocycles. The molecule has 118 valence electrons. The van der Waals surface area contributed by atoms with Crippen LogP contribution in [0.25, 0.3) is 16.9 Å². The van der Waals surface area contributed by atoms with E-state index in [0.717, 1.165) is 23.5 Å². The van der Waals surface area contributed by atoms with Crippen molar-refractivity contribution in [2.75, 3.05) is 6.54 Å². The Morgan fingerprint density at radius 2 is 1.74 bits per heavy atom. The minimum atomic E-state index is 0.608. The maximum Gasteiger partial charge on any atom is 0.0743 e. The van der Waals surface area contributed by atoms with Crippen LogP contribution in [0.4, 0.5) is 0 Å². The van der Waals surface area contributed by atoms with Gasteiger partial charge in [-0.2, -0.15) is 5.10 Å². The number of hydrogen-bond acceptors (Lipinski definition) is 2. The van der Waals surface area contributed by atoms with E-state index in [1.54, 1.807) is 0 Å². The van der Waals surface area contributed by atoms with E-state index in [2.05, 4.69) is 74.0 Å². The van der Waals surface area contributed by atoms with Crippen LogP contribution in [0.15, 0.2) is 48.5 Å². The standard InChI is InChI=1S/C20H23N3/c1-14-7-9-17(10-8-14)20-13-18(11-12-21)22-23(20)19-6-4-5-15(2)16(19)3/h4-10,13H,11-12,21H2,1-3H3. The number of aryl methyl sites for hydroxylation is 2. The van der Waals surface area contributed by atoms with Gasteiger partial charge in [-0.1, -0.05) is 42.0 Å². The maximum atomic E-state index is 5.72. The topological polar surface area (TPSA) is 43.8 Å². The molecule has 0 aliphatic heterocycles. The van der Waals surface area contributed by atoms with E-state index in [0.29, 0.717) is 6.54 Å². The molecular weight excluding hydrogens is 282 g/mol. The molecule has 0 bridgehead atoms. The summed E-state index contributed by atoms with van der Waals surface area (Å²) in [6, 6.07) is 17.1. The van der Waals surface area contributed by atoms with Crippen molar-refractivity contribution < 1.29 is 0 Å². The Balaban J connectivity index is 2.18. The Hall–Kier alpha value is -2.39. The van der Waals surface area contributed by atoms with Gasteiger partial charge in [0.2, 0.25) is 0 Å². The fourth-order valence-electron chi connectivity index (χ4n) is 2.78. The molecule has 0 aliphatic carbocycles. The van der Waals surface area contributed by atoms with Gasteiger partial charge in [0.25, 0.3) is 0 Å². The summed E-state index contributed by atoms with van der Waals surface area (Å²) in [4.78, 5) is 0. The van der Waals surface area contributed by atoms with Crippen molar-refractivity contribution in [2.24, 2.45) is 5.73 Å². The van der Waals surface area contributed by atoms with Gasteiger partial charge in [-0.3, -0.25) is 0 Å². The highest BCUT2D eigenvalue weighted by atomic mass is 15.3. The average Bonchev–Trinajstić information content (AvgIpc) is 2.95. The highest BCUT2D eigenvalue weighted by Gasteiger charge is 2.13. The molecule has 0 saturated heterocycles.